The third-order valence-electron chi connectivity index (χ3n) is 3.69. The molecule has 0 amide bonds. The highest BCUT2D eigenvalue weighted by molar-refractivity contribution is 5.17. The second kappa shape index (κ2) is 6.05. The standard InChI is InChI=1S/C15H20N4O/c1-12-17-18-15(20-12)16-9-14-7-8-19(11-14)10-13-5-3-2-4-6-13/h2-6,14H,7-11H2,1H3,(H,16,18). The average molecular weight is 272 g/mol. The topological polar surface area (TPSA) is 54.2 Å². The Balaban J connectivity index is 1.45. The monoisotopic (exact) mass is 272 g/mol. The minimum atomic E-state index is 0.531. The molecule has 0 aliphatic carbocycles. The van der Waals surface area contributed by atoms with Gasteiger partial charge < -0.3 is 9.73 Å². The highest BCUT2D eigenvalue weighted by atomic mass is 16.4. The first-order chi connectivity index (χ1) is 9.79. The van der Waals surface area contributed by atoms with Crippen LogP contribution in [0.2, 0.25) is 0 Å². The number of hydrogen-bond donors (Lipinski definition) is 1. The van der Waals surface area contributed by atoms with Crippen LogP contribution in [0.1, 0.15) is 17.9 Å². The van der Waals surface area contributed by atoms with Crippen molar-refractivity contribution >= 4 is 6.01 Å². The fraction of sp³-hybridized carbons (Fsp3) is 0.467. The SMILES string of the molecule is Cc1nnc(NCC2CCN(Cc3ccccc3)C2)o1. The van der Waals surface area contributed by atoms with E-state index in [9.17, 15) is 0 Å². The minimum Gasteiger partial charge on any atom is -0.408 e. The van der Waals surface area contributed by atoms with Crippen molar-refractivity contribution in [2.24, 2.45) is 5.92 Å². The van der Waals surface area contributed by atoms with Crippen molar-refractivity contribution in [1.82, 2.24) is 15.1 Å². The van der Waals surface area contributed by atoms with Gasteiger partial charge in [-0.25, -0.2) is 0 Å². The summed E-state index contributed by atoms with van der Waals surface area (Å²) < 4.78 is 5.32. The van der Waals surface area contributed by atoms with Crippen LogP contribution in [0.4, 0.5) is 6.01 Å². The summed E-state index contributed by atoms with van der Waals surface area (Å²) in [6, 6.07) is 11.2. The number of nitrogens with zero attached hydrogens (tertiary/aromatic N) is 3. The fourth-order valence-corrected chi connectivity index (χ4v) is 2.66. The maximum absolute atomic E-state index is 5.32. The van der Waals surface area contributed by atoms with E-state index in [0.717, 1.165) is 26.2 Å². The van der Waals surface area contributed by atoms with Gasteiger partial charge in [0.05, 0.1) is 0 Å². The lowest BCUT2D eigenvalue weighted by atomic mass is 10.1. The van der Waals surface area contributed by atoms with E-state index in [4.69, 9.17) is 4.42 Å². The van der Waals surface area contributed by atoms with E-state index in [1.807, 2.05) is 0 Å². The highest BCUT2D eigenvalue weighted by Crippen LogP contribution is 2.19. The van der Waals surface area contributed by atoms with Gasteiger partial charge in [0.2, 0.25) is 5.89 Å². The Morgan fingerprint density at radius 2 is 2.15 bits per heavy atom. The second-order valence-electron chi connectivity index (χ2n) is 5.38. The summed E-state index contributed by atoms with van der Waals surface area (Å²) in [4.78, 5) is 2.50. The summed E-state index contributed by atoms with van der Waals surface area (Å²) in [5.41, 5.74) is 1.38. The van der Waals surface area contributed by atoms with Crippen LogP contribution < -0.4 is 5.32 Å². The van der Waals surface area contributed by atoms with Gasteiger partial charge in [-0.05, 0) is 24.4 Å². The number of benzene rings is 1. The summed E-state index contributed by atoms with van der Waals surface area (Å²) in [7, 11) is 0. The zero-order chi connectivity index (χ0) is 13.8. The molecule has 5 heteroatoms. The molecule has 2 aromatic rings. The van der Waals surface area contributed by atoms with E-state index < -0.39 is 0 Å². The lowest BCUT2D eigenvalue weighted by molar-refractivity contribution is 0.318. The van der Waals surface area contributed by atoms with Gasteiger partial charge in [-0.3, -0.25) is 4.90 Å². The van der Waals surface area contributed by atoms with Crippen LogP contribution in [-0.4, -0.2) is 34.7 Å². The Bertz CT molecular complexity index is 540. The lowest BCUT2D eigenvalue weighted by Gasteiger charge is -2.16. The number of nitrogens with one attached hydrogen (secondary N) is 1. The summed E-state index contributed by atoms with van der Waals surface area (Å²) >= 11 is 0. The van der Waals surface area contributed by atoms with Crippen molar-refractivity contribution in [2.75, 3.05) is 25.0 Å². The smallest absolute Gasteiger partial charge is 0.315 e. The van der Waals surface area contributed by atoms with Gasteiger partial charge in [0.15, 0.2) is 0 Å². The molecule has 0 bridgehead atoms. The largest absolute Gasteiger partial charge is 0.408 e. The van der Waals surface area contributed by atoms with Crippen molar-refractivity contribution < 1.29 is 4.42 Å². The van der Waals surface area contributed by atoms with Crippen LogP contribution >= 0.6 is 0 Å². The summed E-state index contributed by atoms with van der Waals surface area (Å²) in [5, 5.41) is 11.0. The molecule has 3 rings (SSSR count). The van der Waals surface area contributed by atoms with Crippen molar-refractivity contribution in [1.29, 1.82) is 0 Å². The van der Waals surface area contributed by atoms with Crippen molar-refractivity contribution in [3.63, 3.8) is 0 Å². The molecule has 1 N–H and O–H groups in total. The summed E-state index contributed by atoms with van der Waals surface area (Å²) in [6.07, 6.45) is 1.22. The lowest BCUT2D eigenvalue weighted by Crippen LogP contribution is -2.22. The van der Waals surface area contributed by atoms with Crippen molar-refractivity contribution in [2.45, 2.75) is 19.9 Å². The Kier molecular flexibility index (Phi) is 3.97. The van der Waals surface area contributed by atoms with Gasteiger partial charge in [0, 0.05) is 26.6 Å². The molecule has 0 saturated carbocycles. The van der Waals surface area contributed by atoms with E-state index in [-0.39, 0.29) is 0 Å². The van der Waals surface area contributed by atoms with Gasteiger partial charge in [-0.2, -0.15) is 0 Å². The predicted octanol–water partition coefficient (Wildman–Crippen LogP) is 2.31. The quantitative estimate of drug-likeness (QED) is 0.905. The maximum Gasteiger partial charge on any atom is 0.315 e. The van der Waals surface area contributed by atoms with E-state index in [1.165, 1.54) is 12.0 Å². The first kappa shape index (κ1) is 13.1. The molecule has 1 aromatic heterocycles. The zero-order valence-corrected chi connectivity index (χ0v) is 11.7. The van der Waals surface area contributed by atoms with Crippen LogP contribution in [0, 0.1) is 12.8 Å². The molecule has 1 unspecified atom stereocenters. The maximum atomic E-state index is 5.32. The van der Waals surface area contributed by atoms with E-state index in [2.05, 4.69) is 50.7 Å². The number of likely N-dealkylation sites (tertiary alicyclic amines) is 1. The summed E-state index contributed by atoms with van der Waals surface area (Å²) in [5.74, 6) is 1.25. The van der Waals surface area contributed by atoms with Gasteiger partial charge in [-0.15, -0.1) is 5.10 Å². The molecule has 106 valence electrons. The van der Waals surface area contributed by atoms with Crippen molar-refractivity contribution in [3.05, 3.63) is 41.8 Å². The first-order valence-electron chi connectivity index (χ1n) is 7.10. The molecule has 1 aliphatic rings. The molecule has 1 saturated heterocycles. The molecule has 0 spiro atoms. The van der Waals surface area contributed by atoms with E-state index in [0.29, 0.717) is 17.8 Å². The highest BCUT2D eigenvalue weighted by Gasteiger charge is 2.22. The first-order valence-corrected chi connectivity index (χ1v) is 7.10. The molecular formula is C15H20N4O. The zero-order valence-electron chi connectivity index (χ0n) is 11.7. The molecular weight excluding hydrogens is 252 g/mol. The van der Waals surface area contributed by atoms with Gasteiger partial charge in [-0.1, -0.05) is 35.4 Å². The van der Waals surface area contributed by atoms with Crippen LogP contribution in [0.15, 0.2) is 34.7 Å². The number of rotatable bonds is 5. The fourth-order valence-electron chi connectivity index (χ4n) is 2.66. The van der Waals surface area contributed by atoms with E-state index >= 15 is 0 Å². The van der Waals surface area contributed by atoms with Gasteiger partial charge in [0.25, 0.3) is 0 Å². The second-order valence-corrected chi connectivity index (χ2v) is 5.38. The number of aryl methyl sites for hydroxylation is 1. The minimum absolute atomic E-state index is 0.531. The average Bonchev–Trinajstić information content (AvgIpc) is 3.07. The normalized spacial score (nSPS) is 19.4. The van der Waals surface area contributed by atoms with Crippen LogP contribution in [0.25, 0.3) is 0 Å². The molecule has 1 atom stereocenters. The Morgan fingerprint density at radius 3 is 2.90 bits per heavy atom. The number of aromatic nitrogens is 2. The molecule has 20 heavy (non-hydrogen) atoms. The predicted molar refractivity (Wildman–Crippen MR) is 77.4 cm³/mol. The van der Waals surface area contributed by atoms with Gasteiger partial charge in [0.1, 0.15) is 0 Å². The van der Waals surface area contributed by atoms with E-state index in [1.54, 1.807) is 6.92 Å². The van der Waals surface area contributed by atoms with Gasteiger partial charge >= 0.3 is 6.01 Å². The Labute approximate surface area is 119 Å². The molecule has 2 heterocycles. The number of anilines is 1. The third-order valence-corrected chi connectivity index (χ3v) is 3.69. The Morgan fingerprint density at radius 1 is 1.30 bits per heavy atom. The third kappa shape index (κ3) is 3.36. The van der Waals surface area contributed by atoms with Crippen LogP contribution in [0.5, 0.6) is 0 Å². The Hall–Kier alpha value is -1.88. The molecule has 5 nitrogen and oxygen atoms in total. The molecule has 1 aliphatic heterocycles. The molecule has 1 fully saturated rings. The van der Waals surface area contributed by atoms with Crippen LogP contribution in [-0.2, 0) is 6.54 Å². The molecule has 1 aromatic carbocycles. The summed E-state index contributed by atoms with van der Waals surface area (Å²) in [6.45, 7) is 6.01. The van der Waals surface area contributed by atoms with Crippen LogP contribution in [0.3, 0.4) is 0 Å². The molecule has 0 radical (unpaired) electrons. The van der Waals surface area contributed by atoms with Crippen molar-refractivity contribution in [3.8, 4) is 0 Å². The number of hydrogen-bond acceptors (Lipinski definition) is 5.